The van der Waals surface area contributed by atoms with E-state index in [-0.39, 0.29) is 10.8 Å². The molecule has 0 amide bonds. The zero-order valence-corrected chi connectivity index (χ0v) is 9.49. The molecule has 0 spiro atoms. The molecule has 2 aromatic rings. The summed E-state index contributed by atoms with van der Waals surface area (Å²) in [6.45, 7) is 0. The number of hydrogen-bond acceptors (Lipinski definition) is 6. The lowest BCUT2D eigenvalue weighted by atomic mass is 10.5. The summed E-state index contributed by atoms with van der Waals surface area (Å²) in [5.74, 6) is 1.42. The van der Waals surface area contributed by atoms with Crippen molar-refractivity contribution in [2.24, 2.45) is 0 Å². The van der Waals surface area contributed by atoms with Gasteiger partial charge in [0.25, 0.3) is 0 Å². The molecule has 0 saturated heterocycles. The summed E-state index contributed by atoms with van der Waals surface area (Å²) in [4.78, 5) is 7.78. The zero-order chi connectivity index (χ0) is 12.3. The van der Waals surface area contributed by atoms with Gasteiger partial charge in [-0.3, -0.25) is 0 Å². The fraction of sp³-hybridized carbons (Fsp3) is 0.111. The van der Waals surface area contributed by atoms with Crippen molar-refractivity contribution in [3.63, 3.8) is 0 Å². The third kappa shape index (κ3) is 2.43. The van der Waals surface area contributed by atoms with Gasteiger partial charge in [0.05, 0.1) is 13.3 Å². The Balaban J connectivity index is 2.19. The standard InChI is InChI=1S/C9H7ClN6O/c1-17-8-2-6(15-16-8)13-7-4-12-5(3-11)9(10)14-7/h2,4H,1H3,(H2,13,14,15,16). The Kier molecular flexibility index (Phi) is 3.07. The predicted octanol–water partition coefficient (Wildman–Crippen LogP) is 1.48. The van der Waals surface area contributed by atoms with E-state index in [1.54, 1.807) is 6.07 Å². The first kappa shape index (κ1) is 11.2. The molecule has 2 aromatic heterocycles. The number of H-pyrrole nitrogens is 1. The highest BCUT2D eigenvalue weighted by Crippen LogP contribution is 2.18. The van der Waals surface area contributed by atoms with Gasteiger partial charge in [-0.15, -0.1) is 0 Å². The first-order valence-electron chi connectivity index (χ1n) is 4.52. The normalized spacial score (nSPS) is 9.71. The number of nitrogens with one attached hydrogen (secondary N) is 2. The minimum atomic E-state index is 0.0417. The van der Waals surface area contributed by atoms with Crippen LogP contribution in [0.15, 0.2) is 12.3 Å². The molecular weight excluding hydrogens is 244 g/mol. The van der Waals surface area contributed by atoms with Gasteiger partial charge in [0.1, 0.15) is 6.07 Å². The number of aromatic nitrogens is 4. The van der Waals surface area contributed by atoms with E-state index in [2.05, 4.69) is 25.5 Å². The van der Waals surface area contributed by atoms with Crippen LogP contribution in [-0.4, -0.2) is 27.3 Å². The maximum atomic E-state index is 8.64. The second-order valence-corrected chi connectivity index (χ2v) is 3.31. The monoisotopic (exact) mass is 250 g/mol. The van der Waals surface area contributed by atoms with Crippen LogP contribution in [0.5, 0.6) is 5.88 Å². The molecule has 0 saturated carbocycles. The third-order valence-corrected chi connectivity index (χ3v) is 2.13. The second kappa shape index (κ2) is 4.67. The molecule has 0 atom stereocenters. The van der Waals surface area contributed by atoms with Gasteiger partial charge >= 0.3 is 0 Å². The summed E-state index contributed by atoms with van der Waals surface area (Å²) < 4.78 is 4.93. The van der Waals surface area contributed by atoms with Gasteiger partial charge in [0.2, 0.25) is 5.88 Å². The van der Waals surface area contributed by atoms with Crippen molar-refractivity contribution >= 4 is 23.2 Å². The SMILES string of the molecule is COc1cc(Nc2cnc(C#N)c(Cl)n2)n[nH]1. The van der Waals surface area contributed by atoms with Gasteiger partial charge in [-0.1, -0.05) is 11.6 Å². The summed E-state index contributed by atoms with van der Waals surface area (Å²) in [7, 11) is 1.52. The van der Waals surface area contributed by atoms with E-state index in [0.29, 0.717) is 17.5 Å². The molecule has 2 N–H and O–H groups in total. The second-order valence-electron chi connectivity index (χ2n) is 2.95. The van der Waals surface area contributed by atoms with Gasteiger partial charge in [-0.05, 0) is 0 Å². The van der Waals surface area contributed by atoms with Crippen LogP contribution < -0.4 is 10.1 Å². The van der Waals surface area contributed by atoms with Crippen LogP contribution in [0, 0.1) is 11.3 Å². The first-order valence-corrected chi connectivity index (χ1v) is 4.90. The molecule has 0 aromatic carbocycles. The number of nitrogens with zero attached hydrogens (tertiary/aromatic N) is 4. The van der Waals surface area contributed by atoms with Crippen LogP contribution in [0.2, 0.25) is 5.15 Å². The Labute approximate surface area is 101 Å². The minimum Gasteiger partial charge on any atom is -0.481 e. The molecule has 0 aliphatic heterocycles. The Morgan fingerprint density at radius 2 is 2.35 bits per heavy atom. The maximum absolute atomic E-state index is 8.64. The lowest BCUT2D eigenvalue weighted by Gasteiger charge is -2.01. The van der Waals surface area contributed by atoms with Crippen molar-refractivity contribution in [2.45, 2.75) is 0 Å². The highest BCUT2D eigenvalue weighted by atomic mass is 35.5. The van der Waals surface area contributed by atoms with Crippen LogP contribution in [0.25, 0.3) is 0 Å². The fourth-order valence-electron chi connectivity index (χ4n) is 1.11. The molecule has 2 heterocycles. The Morgan fingerprint density at radius 1 is 1.53 bits per heavy atom. The molecule has 8 heteroatoms. The average Bonchev–Trinajstić information content (AvgIpc) is 2.77. The molecule has 0 radical (unpaired) electrons. The number of ether oxygens (including phenoxy) is 1. The number of hydrogen-bond donors (Lipinski definition) is 2. The lowest BCUT2D eigenvalue weighted by Crippen LogP contribution is -1.97. The van der Waals surface area contributed by atoms with Crippen molar-refractivity contribution < 1.29 is 4.74 Å². The van der Waals surface area contributed by atoms with Gasteiger partial charge in [-0.25, -0.2) is 15.1 Å². The molecule has 7 nitrogen and oxygen atoms in total. The molecule has 86 valence electrons. The fourth-order valence-corrected chi connectivity index (χ4v) is 1.29. The van der Waals surface area contributed by atoms with E-state index < -0.39 is 0 Å². The van der Waals surface area contributed by atoms with Crippen LogP contribution in [0.1, 0.15) is 5.69 Å². The van der Waals surface area contributed by atoms with Crippen LogP contribution >= 0.6 is 11.6 Å². The molecule has 0 unspecified atom stereocenters. The molecule has 17 heavy (non-hydrogen) atoms. The van der Waals surface area contributed by atoms with Gasteiger partial charge in [0.15, 0.2) is 22.5 Å². The van der Waals surface area contributed by atoms with Crippen molar-refractivity contribution in [2.75, 3.05) is 12.4 Å². The quantitative estimate of drug-likeness (QED) is 0.856. The highest BCUT2D eigenvalue weighted by Gasteiger charge is 2.06. The molecule has 0 aliphatic rings. The van der Waals surface area contributed by atoms with Crippen molar-refractivity contribution in [3.8, 4) is 11.9 Å². The van der Waals surface area contributed by atoms with Crippen LogP contribution in [0.4, 0.5) is 11.6 Å². The Morgan fingerprint density at radius 3 is 2.94 bits per heavy atom. The molecular formula is C9H7ClN6O. The van der Waals surface area contributed by atoms with Crippen molar-refractivity contribution in [3.05, 3.63) is 23.1 Å². The summed E-state index contributed by atoms with van der Waals surface area (Å²) >= 11 is 5.74. The Bertz CT molecular complexity index is 575. The van der Waals surface area contributed by atoms with Crippen LogP contribution in [0.3, 0.4) is 0 Å². The Hall–Kier alpha value is -2.33. The maximum Gasteiger partial charge on any atom is 0.210 e. The number of halogens is 1. The summed E-state index contributed by atoms with van der Waals surface area (Å²) in [6.07, 6.45) is 1.39. The zero-order valence-electron chi connectivity index (χ0n) is 8.73. The summed E-state index contributed by atoms with van der Waals surface area (Å²) in [5, 5.41) is 18.1. The lowest BCUT2D eigenvalue weighted by molar-refractivity contribution is 0.397. The van der Waals surface area contributed by atoms with E-state index in [1.165, 1.54) is 13.3 Å². The van der Waals surface area contributed by atoms with Gasteiger partial charge < -0.3 is 10.1 Å². The molecule has 0 fully saturated rings. The molecule has 0 bridgehead atoms. The minimum absolute atomic E-state index is 0.0417. The van der Waals surface area contributed by atoms with Gasteiger partial charge in [-0.2, -0.15) is 10.4 Å². The predicted molar refractivity (Wildman–Crippen MR) is 60.2 cm³/mol. The topological polar surface area (TPSA) is 99.5 Å². The first-order chi connectivity index (χ1) is 8.22. The number of anilines is 2. The largest absolute Gasteiger partial charge is 0.481 e. The van der Waals surface area contributed by atoms with E-state index in [0.717, 1.165) is 0 Å². The highest BCUT2D eigenvalue weighted by molar-refractivity contribution is 6.30. The van der Waals surface area contributed by atoms with E-state index in [1.807, 2.05) is 6.07 Å². The number of nitriles is 1. The summed E-state index contributed by atoms with van der Waals surface area (Å²) in [6, 6.07) is 3.47. The average molecular weight is 251 g/mol. The number of rotatable bonds is 3. The number of aromatic amines is 1. The van der Waals surface area contributed by atoms with Crippen molar-refractivity contribution in [1.29, 1.82) is 5.26 Å². The van der Waals surface area contributed by atoms with E-state index >= 15 is 0 Å². The smallest absolute Gasteiger partial charge is 0.210 e. The number of methoxy groups -OCH3 is 1. The third-order valence-electron chi connectivity index (χ3n) is 1.87. The van der Waals surface area contributed by atoms with Gasteiger partial charge in [0, 0.05) is 6.07 Å². The molecule has 0 aliphatic carbocycles. The van der Waals surface area contributed by atoms with Crippen molar-refractivity contribution in [1.82, 2.24) is 20.2 Å². The van der Waals surface area contributed by atoms with E-state index in [4.69, 9.17) is 21.6 Å². The van der Waals surface area contributed by atoms with E-state index in [9.17, 15) is 0 Å². The van der Waals surface area contributed by atoms with Crippen LogP contribution in [-0.2, 0) is 0 Å². The molecule has 2 rings (SSSR count). The summed E-state index contributed by atoms with van der Waals surface area (Å²) in [5.41, 5.74) is 0.0804.